The van der Waals surface area contributed by atoms with E-state index in [2.05, 4.69) is 9.97 Å². The monoisotopic (exact) mass is 234 g/mol. The second kappa shape index (κ2) is 4.67. The van der Waals surface area contributed by atoms with Crippen LogP contribution >= 0.6 is 0 Å². The van der Waals surface area contributed by atoms with Gasteiger partial charge in [0.1, 0.15) is 6.42 Å². The summed E-state index contributed by atoms with van der Waals surface area (Å²) in [4.78, 5) is 18.1. The summed E-state index contributed by atoms with van der Waals surface area (Å²) >= 11 is 0. The van der Waals surface area contributed by atoms with E-state index in [9.17, 15) is 18.0 Å². The van der Waals surface area contributed by atoms with Gasteiger partial charge >= 0.3 is 6.18 Å². The quantitative estimate of drug-likeness (QED) is 0.870. The van der Waals surface area contributed by atoms with Gasteiger partial charge in [0, 0.05) is 5.69 Å². The minimum absolute atomic E-state index is 0.320. The minimum Gasteiger partial charge on any atom is -0.348 e. The van der Waals surface area contributed by atoms with Crippen LogP contribution in [0.1, 0.15) is 37.1 Å². The molecule has 1 unspecified atom stereocenters. The Hall–Kier alpha value is -1.33. The molecule has 1 N–H and O–H groups in total. The number of ketones is 1. The van der Waals surface area contributed by atoms with Crippen LogP contribution in [-0.2, 0) is 4.79 Å². The van der Waals surface area contributed by atoms with Crippen molar-refractivity contribution in [1.82, 2.24) is 9.97 Å². The first kappa shape index (κ1) is 12.7. The van der Waals surface area contributed by atoms with Gasteiger partial charge in [-0.15, -0.1) is 0 Å². The second-order valence-corrected chi connectivity index (χ2v) is 3.63. The highest BCUT2D eigenvalue weighted by atomic mass is 19.4. The number of nitrogens with zero attached hydrogens (tertiary/aromatic N) is 1. The van der Waals surface area contributed by atoms with E-state index in [1.807, 2.05) is 0 Å². The highest BCUT2D eigenvalue weighted by Gasteiger charge is 2.35. The molecule has 1 heterocycles. The maximum Gasteiger partial charge on any atom is 0.395 e. The predicted molar refractivity (Wildman–Crippen MR) is 52.0 cm³/mol. The molecule has 3 nitrogen and oxygen atoms in total. The Bertz CT molecular complexity index is 370. The van der Waals surface area contributed by atoms with Crippen LogP contribution in [0, 0.1) is 6.92 Å². The molecule has 1 aromatic rings. The molecule has 1 aromatic heterocycles. The van der Waals surface area contributed by atoms with Gasteiger partial charge in [-0.25, -0.2) is 4.98 Å². The number of carbonyl (C=O) groups is 1. The van der Waals surface area contributed by atoms with Gasteiger partial charge in [-0.3, -0.25) is 4.79 Å². The molecule has 0 amide bonds. The third-order valence-corrected chi connectivity index (χ3v) is 2.37. The smallest absolute Gasteiger partial charge is 0.348 e. The number of aryl methyl sites for hydroxylation is 1. The topological polar surface area (TPSA) is 45.8 Å². The molecule has 0 fully saturated rings. The van der Waals surface area contributed by atoms with Crippen molar-refractivity contribution in [3.63, 3.8) is 0 Å². The van der Waals surface area contributed by atoms with Crippen LogP contribution < -0.4 is 0 Å². The van der Waals surface area contributed by atoms with E-state index in [0.717, 1.165) is 0 Å². The summed E-state index contributed by atoms with van der Waals surface area (Å²) in [6, 6.07) is 0. The number of halogens is 3. The van der Waals surface area contributed by atoms with E-state index in [0.29, 0.717) is 17.8 Å². The fraction of sp³-hybridized carbons (Fsp3) is 0.600. The largest absolute Gasteiger partial charge is 0.395 e. The van der Waals surface area contributed by atoms with Gasteiger partial charge in [0.25, 0.3) is 0 Å². The first-order valence-corrected chi connectivity index (χ1v) is 4.94. The number of aromatic nitrogens is 2. The van der Waals surface area contributed by atoms with Gasteiger partial charge in [-0.05, 0) is 13.3 Å². The van der Waals surface area contributed by atoms with Crippen molar-refractivity contribution in [2.24, 2.45) is 0 Å². The lowest BCUT2D eigenvalue weighted by molar-refractivity contribution is -0.153. The van der Waals surface area contributed by atoms with Crippen molar-refractivity contribution >= 4 is 5.78 Å². The van der Waals surface area contributed by atoms with Crippen LogP contribution in [0.25, 0.3) is 0 Å². The number of Topliss-reactive ketones (excluding diaryl/α,β-unsaturated/α-hetero) is 1. The Morgan fingerprint density at radius 3 is 2.56 bits per heavy atom. The average Bonchev–Trinajstić information content (AvgIpc) is 2.50. The van der Waals surface area contributed by atoms with E-state index < -0.39 is 24.3 Å². The van der Waals surface area contributed by atoms with E-state index in [1.54, 1.807) is 13.8 Å². The molecule has 90 valence electrons. The number of aromatic amines is 1. The summed E-state index contributed by atoms with van der Waals surface area (Å²) in [5, 5.41) is 0. The number of alkyl halides is 3. The zero-order chi connectivity index (χ0) is 12.3. The number of hydrogen-bond acceptors (Lipinski definition) is 2. The molecule has 0 aliphatic rings. The molecule has 0 aliphatic carbocycles. The summed E-state index contributed by atoms with van der Waals surface area (Å²) in [5.41, 5.74) is 1.05. The van der Waals surface area contributed by atoms with Crippen LogP contribution in [-0.4, -0.2) is 21.9 Å². The first-order valence-electron chi connectivity index (χ1n) is 4.94. The third-order valence-electron chi connectivity index (χ3n) is 2.37. The maximum atomic E-state index is 12.1. The Morgan fingerprint density at radius 1 is 1.56 bits per heavy atom. The van der Waals surface area contributed by atoms with E-state index >= 15 is 0 Å². The standard InChI is InChI=1S/C10H13F3N2O/c1-3-7(8(16)4-10(11,12)13)9-6(2)14-5-15-9/h5,7H,3-4H2,1-2H3,(H,14,15). The van der Waals surface area contributed by atoms with Crippen molar-refractivity contribution in [3.05, 3.63) is 17.7 Å². The summed E-state index contributed by atoms with van der Waals surface area (Å²) in [7, 11) is 0. The van der Waals surface area contributed by atoms with Crippen LogP contribution in [0.15, 0.2) is 6.33 Å². The molecule has 0 saturated carbocycles. The molecule has 0 radical (unpaired) electrons. The van der Waals surface area contributed by atoms with Gasteiger partial charge in [0.2, 0.25) is 0 Å². The van der Waals surface area contributed by atoms with Crippen LogP contribution in [0.3, 0.4) is 0 Å². The molecule has 6 heteroatoms. The molecule has 0 saturated heterocycles. The number of rotatable bonds is 4. The van der Waals surface area contributed by atoms with Crippen molar-refractivity contribution in [3.8, 4) is 0 Å². The number of imidazole rings is 1. The highest BCUT2D eigenvalue weighted by Crippen LogP contribution is 2.28. The SMILES string of the molecule is CCC(C(=O)CC(F)(F)F)c1nc[nH]c1C. The van der Waals surface area contributed by atoms with Crippen LogP contribution in [0.4, 0.5) is 13.2 Å². The van der Waals surface area contributed by atoms with Gasteiger partial charge in [-0.2, -0.15) is 13.2 Å². The summed E-state index contributed by atoms with van der Waals surface area (Å²) in [6.45, 7) is 3.36. The van der Waals surface area contributed by atoms with Crippen LogP contribution in [0.2, 0.25) is 0 Å². The number of nitrogens with one attached hydrogen (secondary N) is 1. The average molecular weight is 234 g/mol. The fourth-order valence-electron chi connectivity index (χ4n) is 1.61. The Kier molecular flexibility index (Phi) is 3.72. The van der Waals surface area contributed by atoms with Gasteiger partial charge in [-0.1, -0.05) is 6.92 Å². The number of H-pyrrole nitrogens is 1. The minimum atomic E-state index is -4.45. The summed E-state index contributed by atoms with van der Waals surface area (Å²) in [6.07, 6.45) is -4.14. The normalized spacial score (nSPS) is 13.8. The first-order chi connectivity index (χ1) is 7.35. The van der Waals surface area contributed by atoms with E-state index in [1.165, 1.54) is 6.33 Å². The van der Waals surface area contributed by atoms with Gasteiger partial charge < -0.3 is 4.98 Å². The Balaban J connectivity index is 2.84. The second-order valence-electron chi connectivity index (χ2n) is 3.63. The molecule has 0 spiro atoms. The lowest BCUT2D eigenvalue weighted by Gasteiger charge is -2.13. The zero-order valence-corrected chi connectivity index (χ0v) is 9.06. The molecule has 0 aliphatic heterocycles. The van der Waals surface area contributed by atoms with Crippen molar-refractivity contribution in [1.29, 1.82) is 0 Å². The van der Waals surface area contributed by atoms with Gasteiger partial charge in [0.05, 0.1) is 17.9 Å². The molecule has 1 rings (SSSR count). The molecule has 0 bridgehead atoms. The lowest BCUT2D eigenvalue weighted by atomic mass is 9.94. The van der Waals surface area contributed by atoms with E-state index in [-0.39, 0.29) is 0 Å². The number of carbonyl (C=O) groups excluding carboxylic acids is 1. The third kappa shape index (κ3) is 3.08. The molecule has 0 aromatic carbocycles. The Morgan fingerprint density at radius 2 is 2.19 bits per heavy atom. The summed E-state index contributed by atoms with van der Waals surface area (Å²) < 4.78 is 36.3. The number of hydrogen-bond donors (Lipinski definition) is 1. The molecular formula is C10H13F3N2O. The van der Waals surface area contributed by atoms with Crippen molar-refractivity contribution in [2.75, 3.05) is 0 Å². The fourth-order valence-corrected chi connectivity index (χ4v) is 1.61. The zero-order valence-electron chi connectivity index (χ0n) is 9.06. The molecule has 16 heavy (non-hydrogen) atoms. The highest BCUT2D eigenvalue weighted by molar-refractivity contribution is 5.86. The Labute approximate surface area is 91.1 Å². The van der Waals surface area contributed by atoms with E-state index in [4.69, 9.17) is 0 Å². The van der Waals surface area contributed by atoms with Crippen molar-refractivity contribution in [2.45, 2.75) is 38.8 Å². The summed E-state index contributed by atoms with van der Waals surface area (Å²) in [5.74, 6) is -1.60. The molecule has 1 atom stereocenters. The molecular weight excluding hydrogens is 221 g/mol. The van der Waals surface area contributed by atoms with Gasteiger partial charge in [0.15, 0.2) is 5.78 Å². The van der Waals surface area contributed by atoms with Crippen molar-refractivity contribution < 1.29 is 18.0 Å². The lowest BCUT2D eigenvalue weighted by Crippen LogP contribution is -2.21. The maximum absolute atomic E-state index is 12.1. The van der Waals surface area contributed by atoms with Crippen LogP contribution in [0.5, 0.6) is 0 Å². The predicted octanol–water partition coefficient (Wildman–Crippen LogP) is 2.73.